The molecule has 0 bridgehead atoms. The molecule has 0 fully saturated rings. The summed E-state index contributed by atoms with van der Waals surface area (Å²) >= 11 is 12.0. The third-order valence-electron chi connectivity index (χ3n) is 4.68. The van der Waals surface area contributed by atoms with E-state index in [2.05, 4.69) is 5.10 Å². The minimum atomic E-state index is -3.89. The molecule has 3 aromatic carbocycles. The summed E-state index contributed by atoms with van der Waals surface area (Å²) in [4.78, 5) is 11.5. The Morgan fingerprint density at radius 2 is 1.39 bits per heavy atom. The number of primary sulfonamides is 1. The molecule has 0 aliphatic heterocycles. The van der Waals surface area contributed by atoms with Crippen molar-refractivity contribution in [3.8, 4) is 34.0 Å². The third-order valence-corrected chi connectivity index (χ3v) is 6.11. The summed E-state index contributed by atoms with van der Waals surface area (Å²) in [5.41, 5.74) is 2.14. The zero-order valence-electron chi connectivity index (χ0n) is 16.6. The number of benzene rings is 3. The van der Waals surface area contributed by atoms with Gasteiger partial charge in [-0.15, -0.1) is 0 Å². The first-order chi connectivity index (χ1) is 15.6. The van der Waals surface area contributed by atoms with Crippen LogP contribution in [0.4, 0.5) is 4.79 Å². The van der Waals surface area contributed by atoms with Crippen LogP contribution >= 0.6 is 23.2 Å². The quantitative estimate of drug-likeness (QED) is 0.359. The molecule has 0 aliphatic rings. The van der Waals surface area contributed by atoms with Gasteiger partial charge in [0.1, 0.15) is 11.4 Å². The van der Waals surface area contributed by atoms with Crippen LogP contribution in [0.15, 0.2) is 77.7 Å². The van der Waals surface area contributed by atoms with Crippen molar-refractivity contribution in [1.82, 2.24) is 9.78 Å². The molecule has 33 heavy (non-hydrogen) atoms. The first-order valence-electron chi connectivity index (χ1n) is 9.32. The lowest BCUT2D eigenvalue weighted by Crippen LogP contribution is -2.12. The predicted molar refractivity (Wildman–Crippen MR) is 124 cm³/mol. The third kappa shape index (κ3) is 4.86. The van der Waals surface area contributed by atoms with Gasteiger partial charge < -0.3 is 9.84 Å². The lowest BCUT2D eigenvalue weighted by Gasteiger charge is -2.10. The summed E-state index contributed by atoms with van der Waals surface area (Å²) in [5, 5.41) is 20.2. The van der Waals surface area contributed by atoms with Crippen molar-refractivity contribution < 1.29 is 23.1 Å². The van der Waals surface area contributed by atoms with Gasteiger partial charge in [0.15, 0.2) is 5.75 Å². The van der Waals surface area contributed by atoms with Crippen LogP contribution in [-0.4, -0.2) is 29.5 Å². The maximum atomic E-state index is 11.6. The number of hydrogen-bond acceptors (Lipinski definition) is 5. The van der Waals surface area contributed by atoms with Gasteiger partial charge in [0.2, 0.25) is 10.0 Å². The molecule has 0 amide bonds. The highest BCUT2D eigenvalue weighted by Crippen LogP contribution is 2.41. The first-order valence-corrected chi connectivity index (χ1v) is 11.6. The molecule has 0 saturated carbocycles. The van der Waals surface area contributed by atoms with Gasteiger partial charge in [-0.25, -0.2) is 23.0 Å². The highest BCUT2D eigenvalue weighted by molar-refractivity contribution is 7.89. The Kier molecular flexibility index (Phi) is 6.13. The van der Waals surface area contributed by atoms with Crippen LogP contribution < -0.4 is 9.88 Å². The smallest absolute Gasteiger partial charge is 0.449 e. The minimum absolute atomic E-state index is 0.0114. The molecule has 0 atom stereocenters. The number of rotatable bonds is 5. The Morgan fingerprint density at radius 1 is 0.879 bits per heavy atom. The normalized spacial score (nSPS) is 11.4. The van der Waals surface area contributed by atoms with Gasteiger partial charge in [-0.2, -0.15) is 5.10 Å². The molecule has 0 unspecified atom stereocenters. The number of ether oxygens (including phenoxy) is 1. The van der Waals surface area contributed by atoms with Crippen LogP contribution in [-0.2, 0) is 10.0 Å². The molecule has 1 aromatic heterocycles. The molecular weight excluding hydrogens is 489 g/mol. The van der Waals surface area contributed by atoms with Crippen molar-refractivity contribution in [3.05, 3.63) is 82.8 Å². The van der Waals surface area contributed by atoms with E-state index in [0.29, 0.717) is 32.6 Å². The van der Waals surface area contributed by atoms with Crippen molar-refractivity contribution in [3.63, 3.8) is 0 Å². The number of halogens is 2. The monoisotopic (exact) mass is 503 g/mol. The van der Waals surface area contributed by atoms with Crippen molar-refractivity contribution in [1.29, 1.82) is 0 Å². The predicted octanol–water partition coefficient (Wildman–Crippen LogP) is 5.22. The lowest BCUT2D eigenvalue weighted by atomic mass is 10.1. The molecule has 0 saturated heterocycles. The maximum absolute atomic E-state index is 11.6. The van der Waals surface area contributed by atoms with Crippen molar-refractivity contribution in [2.45, 2.75) is 4.90 Å². The lowest BCUT2D eigenvalue weighted by molar-refractivity contribution is 0.145. The highest BCUT2D eigenvalue weighted by atomic mass is 35.5. The summed E-state index contributed by atoms with van der Waals surface area (Å²) in [6.07, 6.45) is -1.52. The van der Waals surface area contributed by atoms with Crippen molar-refractivity contribution in [2.24, 2.45) is 5.14 Å². The summed E-state index contributed by atoms with van der Waals surface area (Å²) in [6.45, 7) is 0. The second-order valence-corrected chi connectivity index (χ2v) is 9.29. The zero-order chi connectivity index (χ0) is 23.8. The van der Waals surface area contributed by atoms with E-state index in [4.69, 9.17) is 33.1 Å². The fourth-order valence-corrected chi connectivity index (χ4v) is 3.98. The summed E-state index contributed by atoms with van der Waals surface area (Å²) in [6, 6.07) is 19.0. The van der Waals surface area contributed by atoms with Crippen LogP contribution in [0, 0.1) is 0 Å². The van der Waals surface area contributed by atoms with Gasteiger partial charge in [-0.3, -0.25) is 0 Å². The van der Waals surface area contributed by atoms with Crippen LogP contribution in [0.2, 0.25) is 10.0 Å². The number of aromatic nitrogens is 2. The number of sulfonamides is 1. The van der Waals surface area contributed by atoms with E-state index in [1.807, 2.05) is 0 Å². The Labute approximate surface area is 198 Å². The van der Waals surface area contributed by atoms with E-state index in [0.717, 1.165) is 0 Å². The van der Waals surface area contributed by atoms with Crippen LogP contribution in [0.3, 0.4) is 0 Å². The number of hydrogen-bond donors (Lipinski definition) is 2. The number of nitrogens with zero attached hydrogens (tertiary/aromatic N) is 2. The Balaban J connectivity index is 2.00. The van der Waals surface area contributed by atoms with Gasteiger partial charge in [0.25, 0.3) is 0 Å². The molecule has 0 aliphatic carbocycles. The molecular formula is C22H15Cl2N3O5S. The van der Waals surface area contributed by atoms with Gasteiger partial charge in [0.05, 0.1) is 10.6 Å². The molecule has 4 aromatic rings. The zero-order valence-corrected chi connectivity index (χ0v) is 19.0. The van der Waals surface area contributed by atoms with Crippen LogP contribution in [0.25, 0.3) is 28.2 Å². The topological polar surface area (TPSA) is 125 Å². The standard InChI is InChI=1S/C22H15Cl2N3O5S/c23-15-5-1-13(2-6-15)19-21(32-22(28)29)20(14-3-7-16(24)8-4-14)27(26-19)17-9-11-18(12-10-17)33(25,30)31/h1-12H,(H,28,29)(H2,25,30,31). The molecule has 3 N–H and O–H groups in total. The fraction of sp³-hybridized carbons (Fsp3) is 0. The number of carbonyl (C=O) groups is 1. The molecule has 0 spiro atoms. The number of nitrogens with two attached hydrogens (primary N) is 1. The van der Waals surface area contributed by atoms with Crippen LogP contribution in [0.1, 0.15) is 0 Å². The first kappa shape index (κ1) is 22.8. The van der Waals surface area contributed by atoms with E-state index >= 15 is 0 Å². The molecule has 11 heteroatoms. The summed E-state index contributed by atoms with van der Waals surface area (Å²) in [5.74, 6) is -0.0114. The fourth-order valence-electron chi connectivity index (χ4n) is 3.21. The van der Waals surface area contributed by atoms with Gasteiger partial charge in [-0.05, 0) is 48.5 Å². The molecule has 168 valence electrons. The summed E-state index contributed by atoms with van der Waals surface area (Å²) < 4.78 is 29.9. The molecule has 0 radical (unpaired) electrons. The van der Waals surface area contributed by atoms with E-state index < -0.39 is 16.2 Å². The SMILES string of the molecule is NS(=O)(=O)c1ccc(-n2nc(-c3ccc(Cl)cc3)c(OC(=O)O)c2-c2ccc(Cl)cc2)cc1. The van der Waals surface area contributed by atoms with Crippen molar-refractivity contribution >= 4 is 39.4 Å². The van der Waals surface area contributed by atoms with E-state index in [9.17, 15) is 18.3 Å². The van der Waals surface area contributed by atoms with Gasteiger partial charge >= 0.3 is 6.16 Å². The summed E-state index contributed by atoms with van der Waals surface area (Å²) in [7, 11) is -3.89. The van der Waals surface area contributed by atoms with E-state index in [1.165, 1.54) is 28.9 Å². The van der Waals surface area contributed by atoms with E-state index in [-0.39, 0.29) is 16.3 Å². The molecule has 1 heterocycles. The molecule has 4 rings (SSSR count). The average molecular weight is 504 g/mol. The average Bonchev–Trinajstić information content (AvgIpc) is 3.13. The van der Waals surface area contributed by atoms with Gasteiger partial charge in [0, 0.05) is 21.2 Å². The Bertz CT molecular complexity index is 1430. The number of carboxylic acid groups (broad SMARTS) is 1. The Hall–Kier alpha value is -3.37. The minimum Gasteiger partial charge on any atom is -0.449 e. The second kappa shape index (κ2) is 8.87. The molecule has 8 nitrogen and oxygen atoms in total. The Morgan fingerprint density at radius 3 is 1.88 bits per heavy atom. The van der Waals surface area contributed by atoms with Crippen LogP contribution in [0.5, 0.6) is 5.75 Å². The van der Waals surface area contributed by atoms with Gasteiger partial charge in [-0.1, -0.05) is 47.5 Å². The maximum Gasteiger partial charge on any atom is 0.511 e. The largest absolute Gasteiger partial charge is 0.511 e. The second-order valence-electron chi connectivity index (χ2n) is 6.86. The van der Waals surface area contributed by atoms with Crippen molar-refractivity contribution in [2.75, 3.05) is 0 Å². The van der Waals surface area contributed by atoms with E-state index in [1.54, 1.807) is 48.5 Å². The highest BCUT2D eigenvalue weighted by Gasteiger charge is 2.25.